The zero-order valence-electron chi connectivity index (χ0n) is 25.4. The van der Waals surface area contributed by atoms with Crippen LogP contribution in [0.5, 0.6) is 0 Å². The Morgan fingerprint density at radius 1 is 0.818 bits per heavy atom. The first-order valence-corrected chi connectivity index (χ1v) is 16.2. The molecule has 0 heterocycles. The van der Waals surface area contributed by atoms with Gasteiger partial charge in [-0.25, -0.2) is 8.42 Å². The zero-order valence-corrected chi connectivity index (χ0v) is 27.0. The van der Waals surface area contributed by atoms with Gasteiger partial charge in [-0.3, -0.25) is 13.9 Å². The third-order valence-corrected chi connectivity index (χ3v) is 8.98. The lowest BCUT2D eigenvalue weighted by atomic mass is 10.0. The lowest BCUT2D eigenvalue weighted by Gasteiger charge is -2.35. The van der Waals surface area contributed by atoms with E-state index in [1.165, 1.54) is 17.0 Å². The fourth-order valence-electron chi connectivity index (χ4n) is 4.82. The van der Waals surface area contributed by atoms with Gasteiger partial charge < -0.3 is 10.2 Å². The fourth-order valence-corrected chi connectivity index (χ4v) is 6.38. The number of sulfonamides is 1. The number of carbonyl (C=O) groups is 2. The maximum Gasteiger partial charge on any atom is 0.264 e. The summed E-state index contributed by atoms with van der Waals surface area (Å²) in [6, 6.07) is 30.6. The largest absolute Gasteiger partial charge is 0.350 e. The molecular formula is C35H38ClN3O4S. The molecule has 0 saturated heterocycles. The topological polar surface area (TPSA) is 86.8 Å². The zero-order chi connectivity index (χ0) is 31.9. The second-order valence-electron chi connectivity index (χ2n) is 11.8. The number of nitrogens with zero attached hydrogens (tertiary/aromatic N) is 2. The number of halogens is 1. The van der Waals surface area contributed by atoms with Crippen LogP contribution in [0, 0.1) is 6.92 Å². The Hall–Kier alpha value is -4.14. The minimum absolute atomic E-state index is 0.0601. The second kappa shape index (κ2) is 14.1. The number of rotatable bonds is 11. The Morgan fingerprint density at radius 2 is 1.43 bits per heavy atom. The third-order valence-electron chi connectivity index (χ3n) is 6.94. The van der Waals surface area contributed by atoms with Crippen LogP contribution in [0.4, 0.5) is 5.69 Å². The van der Waals surface area contributed by atoms with Gasteiger partial charge >= 0.3 is 0 Å². The van der Waals surface area contributed by atoms with Gasteiger partial charge in [0.15, 0.2) is 0 Å². The minimum atomic E-state index is -4.14. The van der Waals surface area contributed by atoms with Gasteiger partial charge in [-0.1, -0.05) is 84.4 Å². The average Bonchev–Trinajstić information content (AvgIpc) is 2.98. The molecule has 44 heavy (non-hydrogen) atoms. The summed E-state index contributed by atoms with van der Waals surface area (Å²) in [7, 11) is -4.14. The van der Waals surface area contributed by atoms with Crippen LogP contribution in [-0.2, 0) is 32.6 Å². The van der Waals surface area contributed by atoms with E-state index in [-0.39, 0.29) is 23.8 Å². The summed E-state index contributed by atoms with van der Waals surface area (Å²) in [6.07, 6.45) is 0.234. The van der Waals surface area contributed by atoms with Gasteiger partial charge in [-0.15, -0.1) is 0 Å². The van der Waals surface area contributed by atoms with Gasteiger partial charge in [-0.2, -0.15) is 0 Å². The molecule has 0 saturated carbocycles. The molecule has 4 rings (SSSR count). The van der Waals surface area contributed by atoms with Crippen molar-refractivity contribution in [3.8, 4) is 0 Å². The van der Waals surface area contributed by atoms with Crippen LogP contribution in [0.2, 0.25) is 5.02 Å². The van der Waals surface area contributed by atoms with Gasteiger partial charge in [0, 0.05) is 23.5 Å². The maximum atomic E-state index is 14.5. The molecule has 0 aliphatic carbocycles. The normalized spacial score (nSPS) is 12.3. The van der Waals surface area contributed by atoms with Gasteiger partial charge in [0.2, 0.25) is 11.8 Å². The first-order valence-electron chi connectivity index (χ1n) is 14.4. The van der Waals surface area contributed by atoms with Crippen molar-refractivity contribution in [2.24, 2.45) is 0 Å². The van der Waals surface area contributed by atoms with Crippen molar-refractivity contribution in [2.45, 2.75) is 57.1 Å². The van der Waals surface area contributed by atoms with Crippen LogP contribution in [0.1, 0.15) is 37.5 Å². The highest BCUT2D eigenvalue weighted by Crippen LogP contribution is 2.26. The van der Waals surface area contributed by atoms with Crippen molar-refractivity contribution in [1.29, 1.82) is 0 Å². The van der Waals surface area contributed by atoms with E-state index in [0.717, 1.165) is 21.0 Å². The van der Waals surface area contributed by atoms with Crippen molar-refractivity contribution < 1.29 is 18.0 Å². The van der Waals surface area contributed by atoms with Crippen molar-refractivity contribution in [2.75, 3.05) is 10.8 Å². The number of hydrogen-bond acceptors (Lipinski definition) is 4. The molecule has 4 aromatic rings. The highest BCUT2D eigenvalue weighted by Gasteiger charge is 2.35. The molecule has 0 bridgehead atoms. The summed E-state index contributed by atoms with van der Waals surface area (Å²) in [5.41, 5.74) is 2.24. The molecule has 2 amide bonds. The van der Waals surface area contributed by atoms with Gasteiger partial charge in [-0.05, 0) is 80.8 Å². The maximum absolute atomic E-state index is 14.5. The first kappa shape index (κ1) is 32.8. The summed E-state index contributed by atoms with van der Waals surface area (Å²) in [5.74, 6) is -0.859. The van der Waals surface area contributed by atoms with E-state index in [0.29, 0.717) is 10.7 Å². The van der Waals surface area contributed by atoms with Crippen molar-refractivity contribution >= 4 is 39.1 Å². The third kappa shape index (κ3) is 8.71. The molecule has 0 fully saturated rings. The Kier molecular flexibility index (Phi) is 10.5. The quantitative estimate of drug-likeness (QED) is 0.208. The van der Waals surface area contributed by atoms with Crippen molar-refractivity contribution in [3.63, 3.8) is 0 Å². The van der Waals surface area contributed by atoms with Crippen LogP contribution in [-0.4, -0.2) is 43.3 Å². The molecule has 9 heteroatoms. The summed E-state index contributed by atoms with van der Waals surface area (Å²) in [6.45, 7) is 7.05. The first-order chi connectivity index (χ1) is 20.8. The number of aryl methyl sites for hydroxylation is 1. The van der Waals surface area contributed by atoms with Crippen LogP contribution in [0.25, 0.3) is 0 Å². The lowest BCUT2D eigenvalue weighted by Crippen LogP contribution is -2.56. The summed E-state index contributed by atoms with van der Waals surface area (Å²) in [4.78, 5) is 29.9. The molecule has 0 aromatic heterocycles. The number of hydrogen-bond donors (Lipinski definition) is 1. The summed E-state index contributed by atoms with van der Waals surface area (Å²) < 4.78 is 29.2. The highest BCUT2D eigenvalue weighted by molar-refractivity contribution is 7.92. The second-order valence-corrected chi connectivity index (χ2v) is 14.1. The average molecular weight is 632 g/mol. The minimum Gasteiger partial charge on any atom is -0.350 e. The van der Waals surface area contributed by atoms with E-state index < -0.39 is 34.1 Å². The van der Waals surface area contributed by atoms with E-state index in [1.807, 2.05) is 64.1 Å². The number of amides is 2. The predicted molar refractivity (Wildman–Crippen MR) is 176 cm³/mol. The molecular weight excluding hydrogens is 594 g/mol. The number of carbonyl (C=O) groups excluding carboxylic acids is 2. The molecule has 0 aliphatic rings. The van der Waals surface area contributed by atoms with E-state index in [2.05, 4.69) is 5.32 Å². The van der Waals surface area contributed by atoms with Gasteiger partial charge in [0.05, 0.1) is 10.6 Å². The molecule has 0 spiro atoms. The standard InChI is InChI=1S/C35H38ClN3O4S/c1-26-12-11-15-30(22-26)39(44(42,43)31-16-9-6-10-17-31)25-33(40)38(24-28-18-20-29(36)21-19-28)32(34(41)37-35(2,3)4)23-27-13-7-5-8-14-27/h5-22,32H,23-25H2,1-4H3,(H,37,41)/t32-/m1/s1. The molecule has 0 unspecified atom stereocenters. The molecule has 1 atom stereocenters. The molecule has 7 nitrogen and oxygen atoms in total. The van der Waals surface area contributed by atoms with E-state index in [4.69, 9.17) is 11.6 Å². The molecule has 1 N–H and O–H groups in total. The fraction of sp³-hybridized carbons (Fsp3) is 0.257. The SMILES string of the molecule is Cc1cccc(N(CC(=O)N(Cc2ccc(Cl)cc2)[C@H](Cc2ccccc2)C(=O)NC(C)(C)C)S(=O)(=O)c2ccccc2)c1. The van der Waals surface area contributed by atoms with E-state index >= 15 is 0 Å². The van der Waals surface area contributed by atoms with Crippen molar-refractivity contribution in [1.82, 2.24) is 10.2 Å². The Labute approximate surface area is 265 Å². The smallest absolute Gasteiger partial charge is 0.264 e. The lowest BCUT2D eigenvalue weighted by molar-refractivity contribution is -0.140. The Morgan fingerprint density at radius 3 is 2.02 bits per heavy atom. The number of benzene rings is 4. The monoisotopic (exact) mass is 631 g/mol. The number of nitrogens with one attached hydrogen (secondary N) is 1. The van der Waals surface area contributed by atoms with Crippen LogP contribution < -0.4 is 9.62 Å². The number of anilines is 1. The summed E-state index contributed by atoms with van der Waals surface area (Å²) >= 11 is 6.14. The van der Waals surface area contributed by atoms with Crippen LogP contribution in [0.15, 0.2) is 114 Å². The molecule has 0 radical (unpaired) electrons. The van der Waals surface area contributed by atoms with Gasteiger partial charge in [0.1, 0.15) is 12.6 Å². The highest BCUT2D eigenvalue weighted by atomic mass is 35.5. The Bertz CT molecular complexity index is 1670. The molecule has 230 valence electrons. The van der Waals surface area contributed by atoms with E-state index in [1.54, 1.807) is 60.7 Å². The van der Waals surface area contributed by atoms with Crippen LogP contribution >= 0.6 is 11.6 Å². The summed E-state index contributed by atoms with van der Waals surface area (Å²) in [5, 5.41) is 3.57. The van der Waals surface area contributed by atoms with Crippen molar-refractivity contribution in [3.05, 3.63) is 131 Å². The molecule has 4 aromatic carbocycles. The molecule has 0 aliphatic heterocycles. The Balaban J connectivity index is 1.81. The predicted octanol–water partition coefficient (Wildman–Crippen LogP) is 6.40. The van der Waals surface area contributed by atoms with Gasteiger partial charge in [0.25, 0.3) is 10.0 Å². The van der Waals surface area contributed by atoms with E-state index in [9.17, 15) is 18.0 Å². The van der Waals surface area contributed by atoms with Crippen LogP contribution in [0.3, 0.4) is 0 Å².